The molecule has 0 saturated heterocycles. The van der Waals surface area contributed by atoms with Gasteiger partial charge >= 0.3 is 0 Å². The van der Waals surface area contributed by atoms with Gasteiger partial charge in [0.15, 0.2) is 12.0 Å². The lowest BCUT2D eigenvalue weighted by atomic mass is 10.1. The number of hydrogen-bond donors (Lipinski definition) is 0. The Labute approximate surface area is 116 Å². The van der Waals surface area contributed by atoms with Crippen LogP contribution < -0.4 is 4.90 Å². The molecule has 1 amide bonds. The Hall–Kier alpha value is -2.83. The molecule has 1 aliphatic rings. The normalized spacial score (nSPS) is 13.7. The van der Waals surface area contributed by atoms with E-state index in [-0.39, 0.29) is 18.1 Å². The summed E-state index contributed by atoms with van der Waals surface area (Å²) in [4.78, 5) is 35.0. The molecule has 0 bridgehead atoms. The van der Waals surface area contributed by atoms with Gasteiger partial charge in [0.05, 0.1) is 17.8 Å². The van der Waals surface area contributed by atoms with Crippen molar-refractivity contribution >= 4 is 23.7 Å². The molecule has 5 nitrogen and oxygen atoms in total. The van der Waals surface area contributed by atoms with Crippen molar-refractivity contribution in [1.29, 1.82) is 0 Å². The van der Waals surface area contributed by atoms with E-state index in [0.29, 0.717) is 6.29 Å². The molecule has 0 fully saturated rings. The van der Waals surface area contributed by atoms with Crippen molar-refractivity contribution in [2.24, 2.45) is 0 Å². The van der Waals surface area contributed by atoms with Crippen molar-refractivity contribution < 1.29 is 27.6 Å². The number of halogens is 2. The fourth-order valence-corrected chi connectivity index (χ4v) is 2.20. The van der Waals surface area contributed by atoms with Crippen molar-refractivity contribution in [3.8, 4) is 0 Å². The Kier molecular flexibility index (Phi) is 2.90. The predicted molar refractivity (Wildman–Crippen MR) is 66.0 cm³/mol. The lowest BCUT2D eigenvalue weighted by Crippen LogP contribution is -2.29. The van der Waals surface area contributed by atoms with E-state index in [1.165, 1.54) is 12.1 Å². The minimum Gasteiger partial charge on any atom is -0.456 e. The number of carbonyl (C=O) groups excluding carboxylic acids is 3. The molecule has 106 valence electrons. The van der Waals surface area contributed by atoms with Crippen molar-refractivity contribution in [2.45, 2.75) is 6.54 Å². The van der Waals surface area contributed by atoms with Crippen LogP contribution in [0.1, 0.15) is 26.7 Å². The van der Waals surface area contributed by atoms with Crippen LogP contribution in [0.15, 0.2) is 28.7 Å². The molecule has 1 aromatic carbocycles. The Balaban J connectivity index is 2.05. The van der Waals surface area contributed by atoms with E-state index in [0.717, 1.165) is 17.0 Å². The molecule has 7 heteroatoms. The van der Waals surface area contributed by atoms with Gasteiger partial charge in [-0.1, -0.05) is 0 Å². The maximum Gasteiger partial charge on any atom is 0.300 e. The Morgan fingerprint density at radius 1 is 1.10 bits per heavy atom. The first-order chi connectivity index (χ1) is 10.0. The number of furan rings is 1. The molecular formula is C14H7F2NO4. The van der Waals surface area contributed by atoms with Gasteiger partial charge in [-0.25, -0.2) is 8.78 Å². The first-order valence-corrected chi connectivity index (χ1v) is 5.91. The highest BCUT2D eigenvalue weighted by atomic mass is 19.1. The van der Waals surface area contributed by atoms with Crippen LogP contribution in [0.3, 0.4) is 0 Å². The number of fused-ring (bicyclic) bond motifs is 1. The van der Waals surface area contributed by atoms with Crippen LogP contribution in [0.25, 0.3) is 0 Å². The van der Waals surface area contributed by atoms with Crippen LogP contribution in [0, 0.1) is 11.6 Å². The molecule has 0 spiro atoms. The van der Waals surface area contributed by atoms with Crippen LogP contribution in [0.2, 0.25) is 0 Å². The quantitative estimate of drug-likeness (QED) is 0.641. The smallest absolute Gasteiger partial charge is 0.300 e. The molecule has 3 rings (SSSR count). The lowest BCUT2D eigenvalue weighted by Gasteiger charge is -2.15. The van der Waals surface area contributed by atoms with Gasteiger partial charge in [0, 0.05) is 0 Å². The van der Waals surface area contributed by atoms with Gasteiger partial charge in [-0.3, -0.25) is 19.3 Å². The van der Waals surface area contributed by atoms with E-state index in [2.05, 4.69) is 0 Å². The Bertz CT molecular complexity index is 781. The zero-order valence-electron chi connectivity index (χ0n) is 10.4. The van der Waals surface area contributed by atoms with E-state index < -0.39 is 34.6 Å². The molecule has 0 radical (unpaired) electrons. The van der Waals surface area contributed by atoms with E-state index in [1.807, 2.05) is 0 Å². The summed E-state index contributed by atoms with van der Waals surface area (Å²) in [5, 5.41) is 0. The van der Waals surface area contributed by atoms with Crippen molar-refractivity contribution in [1.82, 2.24) is 0 Å². The fraction of sp³-hybridized carbons (Fsp3) is 0.0714. The summed E-state index contributed by atoms with van der Waals surface area (Å²) in [5.74, 6) is -3.78. The first kappa shape index (κ1) is 13.2. The number of amides is 1. The van der Waals surface area contributed by atoms with Gasteiger partial charge in [0.1, 0.15) is 17.4 Å². The molecule has 21 heavy (non-hydrogen) atoms. The lowest BCUT2D eigenvalue weighted by molar-refractivity contribution is -0.114. The highest BCUT2D eigenvalue weighted by Crippen LogP contribution is 2.34. The van der Waals surface area contributed by atoms with Crippen LogP contribution >= 0.6 is 0 Å². The number of hydrogen-bond acceptors (Lipinski definition) is 4. The summed E-state index contributed by atoms with van der Waals surface area (Å²) in [6.07, 6.45) is 0.467. The second kappa shape index (κ2) is 4.62. The third kappa shape index (κ3) is 1.94. The maximum atomic E-state index is 13.8. The second-order valence-corrected chi connectivity index (χ2v) is 4.40. The summed E-state index contributed by atoms with van der Waals surface area (Å²) < 4.78 is 32.5. The van der Waals surface area contributed by atoms with Gasteiger partial charge in [-0.15, -0.1) is 0 Å². The standard InChI is InChI=1S/C14H7F2NO4/c15-9-3-4-10(16)12-11(9)13(19)14(20)17(12)5-7-1-2-8(6-18)21-7/h1-4,6H,5H2. The molecule has 0 atom stereocenters. The third-order valence-electron chi connectivity index (χ3n) is 3.13. The number of benzene rings is 1. The monoisotopic (exact) mass is 291 g/mol. The van der Waals surface area contributed by atoms with Gasteiger partial charge in [-0.2, -0.15) is 0 Å². The number of Topliss-reactive ketones (excluding diaryl/α,β-unsaturated/α-hetero) is 1. The Morgan fingerprint density at radius 2 is 1.81 bits per heavy atom. The highest BCUT2D eigenvalue weighted by Gasteiger charge is 2.40. The van der Waals surface area contributed by atoms with Crippen molar-refractivity contribution in [2.75, 3.05) is 4.90 Å². The van der Waals surface area contributed by atoms with Crippen molar-refractivity contribution in [3.63, 3.8) is 0 Å². The van der Waals surface area contributed by atoms with Gasteiger partial charge in [0.2, 0.25) is 0 Å². The summed E-state index contributed by atoms with van der Waals surface area (Å²) in [6, 6.07) is 4.41. The van der Waals surface area contributed by atoms with E-state index >= 15 is 0 Å². The number of rotatable bonds is 3. The van der Waals surface area contributed by atoms with Gasteiger partial charge < -0.3 is 4.42 Å². The zero-order chi connectivity index (χ0) is 15.1. The van der Waals surface area contributed by atoms with Crippen molar-refractivity contribution in [3.05, 3.63) is 53.0 Å². The summed E-state index contributed by atoms with van der Waals surface area (Å²) in [6.45, 7) is -0.272. The molecule has 1 aromatic heterocycles. The van der Waals surface area contributed by atoms with Gasteiger partial charge in [0.25, 0.3) is 11.7 Å². The average molecular weight is 291 g/mol. The number of ketones is 1. The van der Waals surface area contributed by atoms with Crippen LogP contribution in [-0.2, 0) is 11.3 Å². The summed E-state index contributed by atoms with van der Waals surface area (Å²) in [5.41, 5.74) is -0.990. The minimum absolute atomic E-state index is 0.0305. The number of carbonyl (C=O) groups is 3. The number of anilines is 1. The predicted octanol–water partition coefficient (Wildman–Crippen LogP) is 2.10. The number of aldehydes is 1. The fourth-order valence-electron chi connectivity index (χ4n) is 2.20. The topological polar surface area (TPSA) is 67.6 Å². The maximum absolute atomic E-state index is 13.8. The molecule has 0 unspecified atom stereocenters. The molecule has 0 N–H and O–H groups in total. The largest absolute Gasteiger partial charge is 0.456 e. The molecular weight excluding hydrogens is 284 g/mol. The van der Waals surface area contributed by atoms with Gasteiger partial charge in [-0.05, 0) is 24.3 Å². The number of nitrogens with zero attached hydrogens (tertiary/aromatic N) is 1. The summed E-state index contributed by atoms with van der Waals surface area (Å²) in [7, 11) is 0. The van der Waals surface area contributed by atoms with E-state index in [9.17, 15) is 23.2 Å². The molecule has 2 aromatic rings. The van der Waals surface area contributed by atoms with Crippen LogP contribution in [0.5, 0.6) is 0 Å². The molecule has 1 aliphatic heterocycles. The zero-order valence-corrected chi connectivity index (χ0v) is 10.4. The highest BCUT2D eigenvalue weighted by molar-refractivity contribution is 6.52. The SMILES string of the molecule is O=Cc1ccc(CN2C(=O)C(=O)c3c(F)ccc(F)c32)o1. The summed E-state index contributed by atoms with van der Waals surface area (Å²) >= 11 is 0. The minimum atomic E-state index is -1.11. The third-order valence-corrected chi connectivity index (χ3v) is 3.13. The van der Waals surface area contributed by atoms with E-state index in [1.54, 1.807) is 0 Å². The second-order valence-electron chi connectivity index (χ2n) is 4.40. The van der Waals surface area contributed by atoms with Crippen LogP contribution in [-0.4, -0.2) is 18.0 Å². The molecule has 0 saturated carbocycles. The molecule has 0 aliphatic carbocycles. The van der Waals surface area contributed by atoms with E-state index in [4.69, 9.17) is 4.42 Å². The Morgan fingerprint density at radius 3 is 2.48 bits per heavy atom. The molecule has 2 heterocycles. The first-order valence-electron chi connectivity index (χ1n) is 5.91. The average Bonchev–Trinajstić information content (AvgIpc) is 3.02. The van der Waals surface area contributed by atoms with Crippen LogP contribution in [0.4, 0.5) is 14.5 Å².